The van der Waals surface area contributed by atoms with Crippen LogP contribution in [0.5, 0.6) is 0 Å². The maximum atomic E-state index is 12.3. The van der Waals surface area contributed by atoms with Crippen LogP contribution in [-0.2, 0) is 22.5 Å². The molecule has 0 atom stereocenters. The minimum atomic E-state index is -0.391. The molecule has 0 fully saturated rings. The summed E-state index contributed by atoms with van der Waals surface area (Å²) in [4.78, 5) is 29.8. The number of esters is 1. The number of methoxy groups -OCH3 is 1. The number of ether oxygens (including phenoxy) is 1. The Morgan fingerprint density at radius 2 is 2.20 bits per heavy atom. The molecule has 0 saturated carbocycles. The van der Waals surface area contributed by atoms with Gasteiger partial charge in [0.25, 0.3) is 5.91 Å². The molecular formula is C18H16N2O3S2. The number of carbonyl (C=O) groups excluding carboxylic acids is 2. The monoisotopic (exact) mass is 372 g/mol. The van der Waals surface area contributed by atoms with Crippen molar-refractivity contribution in [2.24, 2.45) is 4.99 Å². The van der Waals surface area contributed by atoms with E-state index in [0.717, 1.165) is 15.1 Å². The predicted octanol–water partition coefficient (Wildman–Crippen LogP) is 3.41. The first-order valence-corrected chi connectivity index (χ1v) is 9.24. The fourth-order valence-electron chi connectivity index (χ4n) is 2.42. The molecule has 0 bridgehead atoms. The maximum absolute atomic E-state index is 12.3. The average Bonchev–Trinajstić information content (AvgIpc) is 3.22. The number of fused-ring (bicyclic) bond motifs is 1. The van der Waals surface area contributed by atoms with Crippen LogP contribution >= 0.6 is 22.7 Å². The number of amides is 1. The first kappa shape index (κ1) is 17.3. The number of benzene rings is 1. The van der Waals surface area contributed by atoms with Gasteiger partial charge in [0.1, 0.15) is 0 Å². The molecule has 3 rings (SSSR count). The Kier molecular flexibility index (Phi) is 5.25. The molecule has 128 valence electrons. The highest BCUT2D eigenvalue weighted by atomic mass is 32.1. The quantitative estimate of drug-likeness (QED) is 0.509. The Morgan fingerprint density at radius 1 is 1.36 bits per heavy atom. The summed E-state index contributed by atoms with van der Waals surface area (Å²) in [5, 5.41) is 1.94. The summed E-state index contributed by atoms with van der Waals surface area (Å²) in [6, 6.07) is 9.14. The number of allylic oxidation sites excluding steroid dienone is 1. The van der Waals surface area contributed by atoms with E-state index in [1.54, 1.807) is 18.2 Å². The van der Waals surface area contributed by atoms with Crippen molar-refractivity contribution in [3.05, 3.63) is 63.6 Å². The van der Waals surface area contributed by atoms with Crippen LogP contribution in [0.3, 0.4) is 0 Å². The Balaban J connectivity index is 2.04. The van der Waals surface area contributed by atoms with E-state index >= 15 is 0 Å². The smallest absolute Gasteiger partial charge is 0.337 e. The Bertz CT molecular complexity index is 997. The van der Waals surface area contributed by atoms with Gasteiger partial charge in [0.2, 0.25) is 0 Å². The van der Waals surface area contributed by atoms with Gasteiger partial charge in [0.05, 0.1) is 29.3 Å². The van der Waals surface area contributed by atoms with E-state index in [4.69, 9.17) is 4.74 Å². The van der Waals surface area contributed by atoms with Gasteiger partial charge in [-0.15, -0.1) is 17.9 Å². The lowest BCUT2D eigenvalue weighted by Gasteiger charge is -2.02. The molecule has 0 radical (unpaired) electrons. The lowest BCUT2D eigenvalue weighted by Crippen LogP contribution is -2.16. The molecule has 2 heterocycles. The van der Waals surface area contributed by atoms with Crippen molar-refractivity contribution in [2.75, 3.05) is 7.11 Å². The van der Waals surface area contributed by atoms with Crippen LogP contribution in [0.25, 0.3) is 10.2 Å². The largest absolute Gasteiger partial charge is 0.465 e. The zero-order chi connectivity index (χ0) is 17.8. The fraction of sp³-hybridized carbons (Fsp3) is 0.167. The highest BCUT2D eigenvalue weighted by Gasteiger charge is 2.12. The molecule has 3 aromatic rings. The predicted molar refractivity (Wildman–Crippen MR) is 99.9 cm³/mol. The number of thiophene rings is 1. The van der Waals surface area contributed by atoms with E-state index in [1.807, 2.05) is 28.1 Å². The molecular weight excluding hydrogens is 356 g/mol. The summed E-state index contributed by atoms with van der Waals surface area (Å²) in [5.41, 5.74) is 1.37. The second-order valence-electron chi connectivity index (χ2n) is 5.22. The van der Waals surface area contributed by atoms with E-state index in [9.17, 15) is 9.59 Å². The Morgan fingerprint density at radius 3 is 2.88 bits per heavy atom. The van der Waals surface area contributed by atoms with Crippen LogP contribution in [0.15, 0.2) is 53.4 Å². The van der Waals surface area contributed by atoms with E-state index in [1.165, 1.54) is 29.8 Å². The van der Waals surface area contributed by atoms with Gasteiger partial charge in [-0.1, -0.05) is 23.5 Å². The third-order valence-corrected chi connectivity index (χ3v) is 5.46. The van der Waals surface area contributed by atoms with Gasteiger partial charge in [0.15, 0.2) is 4.80 Å². The molecule has 0 spiro atoms. The zero-order valence-electron chi connectivity index (χ0n) is 13.6. The Hall–Kier alpha value is -2.51. The highest BCUT2D eigenvalue weighted by molar-refractivity contribution is 7.16. The molecule has 2 aromatic heterocycles. The minimum Gasteiger partial charge on any atom is -0.465 e. The molecule has 7 heteroatoms. The van der Waals surface area contributed by atoms with Crippen LogP contribution in [0.1, 0.15) is 15.2 Å². The third-order valence-electron chi connectivity index (χ3n) is 3.54. The summed E-state index contributed by atoms with van der Waals surface area (Å²) in [6.07, 6.45) is 2.04. The molecule has 0 aliphatic carbocycles. The zero-order valence-corrected chi connectivity index (χ0v) is 15.2. The molecule has 0 unspecified atom stereocenters. The number of aromatic nitrogens is 1. The molecule has 5 nitrogen and oxygen atoms in total. The second-order valence-corrected chi connectivity index (χ2v) is 7.26. The van der Waals surface area contributed by atoms with Crippen LogP contribution in [-0.4, -0.2) is 23.6 Å². The SMILES string of the molecule is C=CCn1c(=NC(=O)Cc2cccs2)sc2cc(C(=O)OC)ccc21. The first-order chi connectivity index (χ1) is 12.1. The average molecular weight is 372 g/mol. The topological polar surface area (TPSA) is 60.7 Å². The van der Waals surface area contributed by atoms with E-state index in [-0.39, 0.29) is 12.3 Å². The van der Waals surface area contributed by atoms with Gasteiger partial charge in [-0.05, 0) is 29.6 Å². The molecule has 1 aromatic carbocycles. The number of hydrogen-bond donors (Lipinski definition) is 0. The van der Waals surface area contributed by atoms with Crippen molar-refractivity contribution in [1.29, 1.82) is 0 Å². The number of thiazole rings is 1. The van der Waals surface area contributed by atoms with Gasteiger partial charge in [-0.3, -0.25) is 4.79 Å². The number of rotatable bonds is 5. The van der Waals surface area contributed by atoms with Crippen LogP contribution in [0.2, 0.25) is 0 Å². The standard InChI is InChI=1S/C18H16N2O3S2/c1-3-8-20-14-7-6-12(17(22)23-2)10-15(14)25-18(20)19-16(21)11-13-5-4-9-24-13/h3-7,9-10H,1,8,11H2,2H3. The summed E-state index contributed by atoms with van der Waals surface area (Å²) in [7, 11) is 1.35. The molecule has 0 aliphatic heterocycles. The van der Waals surface area contributed by atoms with Gasteiger partial charge in [0, 0.05) is 11.4 Å². The minimum absolute atomic E-state index is 0.194. The van der Waals surface area contributed by atoms with Gasteiger partial charge >= 0.3 is 5.97 Å². The van der Waals surface area contributed by atoms with E-state index in [2.05, 4.69) is 11.6 Å². The summed E-state index contributed by atoms with van der Waals surface area (Å²) in [6.45, 7) is 4.30. The van der Waals surface area contributed by atoms with Crippen molar-refractivity contribution in [1.82, 2.24) is 4.57 Å². The summed E-state index contributed by atoms with van der Waals surface area (Å²) < 4.78 is 7.54. The van der Waals surface area contributed by atoms with Crippen LogP contribution in [0, 0.1) is 0 Å². The number of carbonyl (C=O) groups is 2. The number of hydrogen-bond acceptors (Lipinski definition) is 5. The molecule has 0 N–H and O–H groups in total. The fourth-order valence-corrected chi connectivity index (χ4v) is 4.21. The molecule has 25 heavy (non-hydrogen) atoms. The van der Waals surface area contributed by atoms with Gasteiger partial charge < -0.3 is 9.30 Å². The Labute approximate surface area is 152 Å². The summed E-state index contributed by atoms with van der Waals surface area (Å²) in [5.74, 6) is -0.585. The van der Waals surface area contributed by atoms with E-state index < -0.39 is 5.97 Å². The van der Waals surface area contributed by atoms with Crippen molar-refractivity contribution in [3.8, 4) is 0 Å². The lowest BCUT2D eigenvalue weighted by molar-refractivity contribution is -0.117. The number of nitrogens with zero attached hydrogens (tertiary/aromatic N) is 2. The first-order valence-electron chi connectivity index (χ1n) is 7.55. The highest BCUT2D eigenvalue weighted by Crippen LogP contribution is 2.20. The van der Waals surface area contributed by atoms with Crippen molar-refractivity contribution in [2.45, 2.75) is 13.0 Å². The van der Waals surface area contributed by atoms with E-state index in [0.29, 0.717) is 16.9 Å². The lowest BCUT2D eigenvalue weighted by atomic mass is 10.2. The van der Waals surface area contributed by atoms with Gasteiger partial charge in [-0.2, -0.15) is 4.99 Å². The molecule has 1 amide bonds. The normalized spacial score (nSPS) is 11.6. The maximum Gasteiger partial charge on any atom is 0.337 e. The van der Waals surface area contributed by atoms with Crippen molar-refractivity contribution in [3.63, 3.8) is 0 Å². The third kappa shape index (κ3) is 3.78. The van der Waals surface area contributed by atoms with Gasteiger partial charge in [-0.25, -0.2) is 4.79 Å². The summed E-state index contributed by atoms with van der Waals surface area (Å²) >= 11 is 2.91. The van der Waals surface area contributed by atoms with Crippen LogP contribution in [0.4, 0.5) is 0 Å². The van der Waals surface area contributed by atoms with Crippen molar-refractivity contribution < 1.29 is 14.3 Å². The molecule has 0 aliphatic rings. The molecule has 0 saturated heterocycles. The van der Waals surface area contributed by atoms with Crippen LogP contribution < -0.4 is 4.80 Å². The van der Waals surface area contributed by atoms with Crippen molar-refractivity contribution >= 4 is 44.8 Å². The second kappa shape index (κ2) is 7.58.